The highest BCUT2D eigenvalue weighted by Crippen LogP contribution is 2.40. The Morgan fingerprint density at radius 1 is 1.06 bits per heavy atom. The van der Waals surface area contributed by atoms with Crippen LogP contribution in [0.25, 0.3) is 16.7 Å². The van der Waals surface area contributed by atoms with E-state index in [1.54, 1.807) is 49.6 Å². The fraction of sp³-hybridized carbons (Fsp3) is 0.143. The minimum absolute atomic E-state index is 0.119. The van der Waals surface area contributed by atoms with Crippen LogP contribution in [0.5, 0.6) is 5.75 Å². The van der Waals surface area contributed by atoms with Crippen molar-refractivity contribution in [2.45, 2.75) is 12.5 Å². The number of H-pyrrole nitrogens is 1. The van der Waals surface area contributed by atoms with Gasteiger partial charge < -0.3 is 19.7 Å². The van der Waals surface area contributed by atoms with Gasteiger partial charge in [0, 0.05) is 34.8 Å². The Morgan fingerprint density at radius 2 is 1.80 bits per heavy atom. The van der Waals surface area contributed by atoms with Crippen LogP contribution in [0.3, 0.4) is 0 Å². The van der Waals surface area contributed by atoms with Crippen LogP contribution in [0.2, 0.25) is 0 Å². The molecule has 176 valence electrons. The molecule has 0 radical (unpaired) electrons. The number of benzene rings is 3. The van der Waals surface area contributed by atoms with E-state index in [9.17, 15) is 19.1 Å². The number of amides is 1. The maximum absolute atomic E-state index is 14.9. The highest BCUT2D eigenvalue weighted by Gasteiger charge is 2.46. The average molecular weight is 471 g/mol. The first-order chi connectivity index (χ1) is 17.0. The summed E-state index contributed by atoms with van der Waals surface area (Å²) in [4.78, 5) is 30.8. The van der Waals surface area contributed by atoms with Crippen molar-refractivity contribution in [2.24, 2.45) is 0 Å². The minimum Gasteiger partial charge on any atom is -0.507 e. The molecule has 1 fully saturated rings. The maximum Gasteiger partial charge on any atom is 0.295 e. The number of ketones is 1. The fourth-order valence-electron chi connectivity index (χ4n) is 4.61. The summed E-state index contributed by atoms with van der Waals surface area (Å²) in [7, 11) is 1.59. The second-order valence-electron chi connectivity index (χ2n) is 8.36. The van der Waals surface area contributed by atoms with Crippen molar-refractivity contribution in [3.8, 4) is 5.75 Å². The standard InChI is InChI=1S/C28H23FN2O4/c1-35-19-11-12-23-21(15-19)18(16-30-23)13-14-31-25(20-9-5-6-10-22(20)29)24(27(33)28(31)34)26(32)17-7-3-2-4-8-17/h2-12,15-16,25,30,32H,13-14H2,1H3/t25-/m0/s1. The number of hydrogen-bond donors (Lipinski definition) is 2. The van der Waals surface area contributed by atoms with Gasteiger partial charge in [-0.25, -0.2) is 4.39 Å². The van der Waals surface area contributed by atoms with Crippen LogP contribution in [0, 0.1) is 5.82 Å². The van der Waals surface area contributed by atoms with Crippen molar-refractivity contribution in [1.82, 2.24) is 9.88 Å². The lowest BCUT2D eigenvalue weighted by molar-refractivity contribution is -0.139. The van der Waals surface area contributed by atoms with Crippen LogP contribution in [0.15, 0.2) is 84.6 Å². The molecule has 4 aromatic rings. The van der Waals surface area contributed by atoms with Gasteiger partial charge >= 0.3 is 0 Å². The lowest BCUT2D eigenvalue weighted by Crippen LogP contribution is -2.32. The summed E-state index contributed by atoms with van der Waals surface area (Å²) in [6.07, 6.45) is 2.26. The Kier molecular flexibility index (Phi) is 5.82. The molecule has 0 unspecified atom stereocenters. The molecule has 1 saturated heterocycles. The molecule has 2 N–H and O–H groups in total. The zero-order valence-electron chi connectivity index (χ0n) is 19.0. The third-order valence-electron chi connectivity index (χ3n) is 6.38. The molecule has 7 heteroatoms. The summed E-state index contributed by atoms with van der Waals surface area (Å²) in [6.45, 7) is 0.152. The van der Waals surface area contributed by atoms with Crippen molar-refractivity contribution in [1.29, 1.82) is 0 Å². The molecule has 1 amide bonds. The first kappa shape index (κ1) is 22.4. The zero-order chi connectivity index (χ0) is 24.5. The lowest BCUT2D eigenvalue weighted by atomic mass is 9.95. The molecular weight excluding hydrogens is 447 g/mol. The molecule has 0 spiro atoms. The zero-order valence-corrected chi connectivity index (χ0v) is 19.0. The number of fused-ring (bicyclic) bond motifs is 1. The second-order valence-corrected chi connectivity index (χ2v) is 8.36. The molecular formula is C28H23FN2O4. The van der Waals surface area contributed by atoms with Crippen molar-refractivity contribution < 1.29 is 23.8 Å². The van der Waals surface area contributed by atoms with Gasteiger partial charge in [0.05, 0.1) is 18.7 Å². The second kappa shape index (κ2) is 9.10. The fourth-order valence-corrected chi connectivity index (χ4v) is 4.61. The quantitative estimate of drug-likeness (QED) is 0.237. The van der Waals surface area contributed by atoms with E-state index in [0.717, 1.165) is 16.5 Å². The molecule has 2 heterocycles. The van der Waals surface area contributed by atoms with E-state index < -0.39 is 23.5 Å². The Labute approximate surface area is 201 Å². The molecule has 5 rings (SSSR count). The van der Waals surface area contributed by atoms with Crippen LogP contribution >= 0.6 is 0 Å². The molecule has 1 aromatic heterocycles. The number of nitrogens with one attached hydrogen (secondary N) is 1. The number of aliphatic hydroxyl groups is 1. The van der Waals surface area contributed by atoms with E-state index in [1.807, 2.05) is 24.4 Å². The summed E-state index contributed by atoms with van der Waals surface area (Å²) in [6, 6.07) is 19.1. The lowest BCUT2D eigenvalue weighted by Gasteiger charge is -2.25. The number of aromatic amines is 1. The van der Waals surface area contributed by atoms with Gasteiger partial charge in [-0.15, -0.1) is 0 Å². The number of aliphatic hydroxyl groups excluding tert-OH is 1. The average Bonchev–Trinajstić information content (AvgIpc) is 3.40. The van der Waals surface area contributed by atoms with E-state index in [2.05, 4.69) is 4.98 Å². The first-order valence-electron chi connectivity index (χ1n) is 11.2. The van der Waals surface area contributed by atoms with E-state index in [0.29, 0.717) is 17.7 Å². The van der Waals surface area contributed by atoms with E-state index in [1.165, 1.54) is 17.0 Å². The molecule has 3 aromatic carbocycles. The Morgan fingerprint density at radius 3 is 2.54 bits per heavy atom. The number of aromatic nitrogens is 1. The highest BCUT2D eigenvalue weighted by atomic mass is 19.1. The highest BCUT2D eigenvalue weighted by molar-refractivity contribution is 6.46. The van der Waals surface area contributed by atoms with Gasteiger partial charge in [0.2, 0.25) is 0 Å². The predicted molar refractivity (Wildman–Crippen MR) is 130 cm³/mol. The molecule has 1 aliphatic rings. The summed E-state index contributed by atoms with van der Waals surface area (Å²) >= 11 is 0. The van der Waals surface area contributed by atoms with E-state index in [4.69, 9.17) is 4.74 Å². The molecule has 1 atom stereocenters. The number of rotatable bonds is 6. The molecule has 35 heavy (non-hydrogen) atoms. The van der Waals surface area contributed by atoms with Crippen LogP contribution in [0.4, 0.5) is 4.39 Å². The van der Waals surface area contributed by atoms with Crippen molar-refractivity contribution in [3.63, 3.8) is 0 Å². The monoisotopic (exact) mass is 470 g/mol. The number of Topliss-reactive ketones (excluding diaryl/α,β-unsaturated/α-hetero) is 1. The van der Waals surface area contributed by atoms with Gasteiger partial charge in [-0.1, -0.05) is 48.5 Å². The SMILES string of the molecule is COc1ccc2[nH]cc(CCN3C(=O)C(=O)C(=C(O)c4ccccc4)[C@@H]3c3ccccc3F)c2c1. The molecule has 1 aliphatic heterocycles. The van der Waals surface area contributed by atoms with E-state index in [-0.39, 0.29) is 23.4 Å². The van der Waals surface area contributed by atoms with Gasteiger partial charge in [0.1, 0.15) is 17.3 Å². The number of ether oxygens (including phenoxy) is 1. The topological polar surface area (TPSA) is 82.6 Å². The van der Waals surface area contributed by atoms with Crippen molar-refractivity contribution >= 4 is 28.4 Å². The summed E-state index contributed by atoms with van der Waals surface area (Å²) in [5.74, 6) is -1.78. The van der Waals surface area contributed by atoms with Crippen LogP contribution in [0.1, 0.15) is 22.7 Å². The molecule has 0 bridgehead atoms. The predicted octanol–water partition coefficient (Wildman–Crippen LogP) is 4.98. The Hall–Kier alpha value is -4.39. The Bertz CT molecular complexity index is 1460. The van der Waals surface area contributed by atoms with Crippen LogP contribution in [-0.4, -0.2) is 40.3 Å². The van der Waals surface area contributed by atoms with Gasteiger partial charge in [0.15, 0.2) is 0 Å². The largest absolute Gasteiger partial charge is 0.507 e. The number of likely N-dealkylation sites (tertiary alicyclic amines) is 1. The third-order valence-corrected chi connectivity index (χ3v) is 6.38. The molecule has 0 aliphatic carbocycles. The first-order valence-corrected chi connectivity index (χ1v) is 11.2. The number of methoxy groups -OCH3 is 1. The summed E-state index contributed by atoms with van der Waals surface area (Å²) < 4.78 is 20.3. The van der Waals surface area contributed by atoms with Gasteiger partial charge in [-0.3, -0.25) is 9.59 Å². The van der Waals surface area contributed by atoms with Crippen LogP contribution < -0.4 is 4.74 Å². The number of halogens is 1. The normalized spacial score (nSPS) is 17.3. The number of hydrogen-bond acceptors (Lipinski definition) is 4. The number of carbonyl (C=O) groups is 2. The summed E-state index contributed by atoms with van der Waals surface area (Å²) in [5.41, 5.74) is 2.26. The Balaban J connectivity index is 1.56. The number of carbonyl (C=O) groups excluding carboxylic acids is 2. The summed E-state index contributed by atoms with van der Waals surface area (Å²) in [5, 5.41) is 12.0. The number of nitrogens with zero attached hydrogens (tertiary/aromatic N) is 1. The van der Waals surface area contributed by atoms with Gasteiger partial charge in [-0.05, 0) is 36.2 Å². The van der Waals surface area contributed by atoms with Crippen molar-refractivity contribution in [3.05, 3.63) is 107 Å². The van der Waals surface area contributed by atoms with Crippen molar-refractivity contribution in [2.75, 3.05) is 13.7 Å². The van der Waals surface area contributed by atoms with Gasteiger partial charge in [0.25, 0.3) is 11.7 Å². The molecule has 6 nitrogen and oxygen atoms in total. The maximum atomic E-state index is 14.9. The van der Waals surface area contributed by atoms with E-state index >= 15 is 0 Å². The third kappa shape index (κ3) is 3.95. The smallest absolute Gasteiger partial charge is 0.295 e. The van der Waals surface area contributed by atoms with Crippen LogP contribution in [-0.2, 0) is 16.0 Å². The molecule has 0 saturated carbocycles. The minimum atomic E-state index is -1.05. The van der Waals surface area contributed by atoms with Gasteiger partial charge in [-0.2, -0.15) is 0 Å².